The van der Waals surface area contributed by atoms with Crippen molar-refractivity contribution >= 4 is 17.3 Å². The van der Waals surface area contributed by atoms with Crippen LogP contribution in [0.25, 0.3) is 0 Å². The number of nitrogens with zero attached hydrogens (tertiary/aromatic N) is 2. The van der Waals surface area contributed by atoms with Gasteiger partial charge in [0.25, 0.3) is 0 Å². The van der Waals surface area contributed by atoms with Crippen LogP contribution in [0, 0.1) is 0 Å². The highest BCUT2D eigenvalue weighted by Gasteiger charge is 2.12. The molecule has 0 bridgehead atoms. The maximum absolute atomic E-state index is 5.93. The first-order valence-electron chi connectivity index (χ1n) is 6.68. The number of aromatic nitrogens is 1. The zero-order valence-electron chi connectivity index (χ0n) is 12.1. The SMILES string of the molecule is CNc1ccnc(CN(C)C(C)c2ccc(Cl)cc2)c1. The van der Waals surface area contributed by atoms with Crippen LogP contribution in [0.2, 0.25) is 5.02 Å². The molecule has 0 aliphatic rings. The third-order valence-electron chi connectivity index (χ3n) is 3.53. The monoisotopic (exact) mass is 289 g/mol. The highest BCUT2D eigenvalue weighted by molar-refractivity contribution is 6.30. The topological polar surface area (TPSA) is 28.2 Å². The fourth-order valence-electron chi connectivity index (χ4n) is 2.11. The average molecular weight is 290 g/mol. The lowest BCUT2D eigenvalue weighted by atomic mass is 10.1. The number of hydrogen-bond acceptors (Lipinski definition) is 3. The van der Waals surface area contributed by atoms with E-state index in [2.05, 4.69) is 47.4 Å². The summed E-state index contributed by atoms with van der Waals surface area (Å²) < 4.78 is 0. The second-order valence-corrected chi connectivity index (χ2v) is 5.36. The van der Waals surface area contributed by atoms with Crippen molar-refractivity contribution in [3.05, 3.63) is 58.9 Å². The molecule has 0 radical (unpaired) electrons. The third kappa shape index (κ3) is 3.71. The Bertz CT molecular complexity index is 554. The second kappa shape index (κ2) is 6.73. The molecule has 0 fully saturated rings. The molecule has 1 atom stereocenters. The van der Waals surface area contributed by atoms with Gasteiger partial charge in [0, 0.05) is 36.5 Å². The number of halogens is 1. The van der Waals surface area contributed by atoms with Crippen LogP contribution < -0.4 is 5.32 Å². The van der Waals surface area contributed by atoms with E-state index in [0.29, 0.717) is 6.04 Å². The summed E-state index contributed by atoms with van der Waals surface area (Å²) in [6.07, 6.45) is 1.84. The molecule has 20 heavy (non-hydrogen) atoms. The molecule has 0 amide bonds. The Labute approximate surface area is 125 Å². The van der Waals surface area contributed by atoms with Crippen LogP contribution in [-0.2, 0) is 6.54 Å². The normalized spacial score (nSPS) is 12.4. The summed E-state index contributed by atoms with van der Waals surface area (Å²) >= 11 is 5.93. The largest absolute Gasteiger partial charge is 0.388 e. The number of benzene rings is 1. The van der Waals surface area contributed by atoms with Crippen LogP contribution in [0.5, 0.6) is 0 Å². The van der Waals surface area contributed by atoms with Gasteiger partial charge in [-0.3, -0.25) is 9.88 Å². The molecule has 0 spiro atoms. The minimum Gasteiger partial charge on any atom is -0.388 e. The highest BCUT2D eigenvalue weighted by Crippen LogP contribution is 2.22. The van der Waals surface area contributed by atoms with Crippen LogP contribution in [-0.4, -0.2) is 24.0 Å². The van der Waals surface area contributed by atoms with E-state index in [9.17, 15) is 0 Å². The average Bonchev–Trinajstić information content (AvgIpc) is 2.47. The van der Waals surface area contributed by atoms with E-state index < -0.39 is 0 Å². The summed E-state index contributed by atoms with van der Waals surface area (Å²) in [5.41, 5.74) is 3.39. The first-order valence-corrected chi connectivity index (χ1v) is 7.06. The van der Waals surface area contributed by atoms with E-state index in [0.717, 1.165) is 22.9 Å². The summed E-state index contributed by atoms with van der Waals surface area (Å²) in [7, 11) is 4.02. The van der Waals surface area contributed by atoms with Crippen LogP contribution >= 0.6 is 11.6 Å². The number of hydrogen-bond donors (Lipinski definition) is 1. The van der Waals surface area contributed by atoms with Gasteiger partial charge in [0.15, 0.2) is 0 Å². The van der Waals surface area contributed by atoms with Crippen molar-refractivity contribution in [1.29, 1.82) is 0 Å². The van der Waals surface area contributed by atoms with Gasteiger partial charge < -0.3 is 5.32 Å². The lowest BCUT2D eigenvalue weighted by Crippen LogP contribution is -2.22. The molecule has 1 unspecified atom stereocenters. The Morgan fingerprint density at radius 1 is 1.25 bits per heavy atom. The molecule has 2 rings (SSSR count). The fourth-order valence-corrected chi connectivity index (χ4v) is 2.23. The van der Waals surface area contributed by atoms with Gasteiger partial charge in [-0.2, -0.15) is 0 Å². The molecule has 0 aliphatic carbocycles. The predicted octanol–water partition coefficient (Wildman–Crippen LogP) is 3.97. The highest BCUT2D eigenvalue weighted by atomic mass is 35.5. The molecule has 1 aromatic carbocycles. The second-order valence-electron chi connectivity index (χ2n) is 4.93. The van der Waals surface area contributed by atoms with E-state index in [1.807, 2.05) is 31.4 Å². The molecule has 106 valence electrons. The molecule has 2 aromatic rings. The molecular formula is C16H20ClN3. The summed E-state index contributed by atoms with van der Waals surface area (Å²) in [6.45, 7) is 2.99. The number of anilines is 1. The molecular weight excluding hydrogens is 270 g/mol. The van der Waals surface area contributed by atoms with Gasteiger partial charge in [-0.1, -0.05) is 23.7 Å². The van der Waals surface area contributed by atoms with E-state index in [1.54, 1.807) is 0 Å². The van der Waals surface area contributed by atoms with Crippen molar-refractivity contribution < 1.29 is 0 Å². The van der Waals surface area contributed by atoms with Crippen molar-refractivity contribution in [3.8, 4) is 0 Å². The van der Waals surface area contributed by atoms with E-state index >= 15 is 0 Å². The molecule has 4 heteroatoms. The Balaban J connectivity index is 2.06. The number of nitrogens with one attached hydrogen (secondary N) is 1. The zero-order valence-corrected chi connectivity index (χ0v) is 12.9. The molecule has 0 saturated heterocycles. The number of pyridine rings is 1. The summed E-state index contributed by atoms with van der Waals surface area (Å²) in [5.74, 6) is 0. The van der Waals surface area contributed by atoms with E-state index in [1.165, 1.54) is 5.56 Å². The lowest BCUT2D eigenvalue weighted by Gasteiger charge is -2.25. The zero-order chi connectivity index (χ0) is 14.5. The van der Waals surface area contributed by atoms with Crippen LogP contribution in [0.15, 0.2) is 42.6 Å². The Morgan fingerprint density at radius 2 is 1.95 bits per heavy atom. The van der Waals surface area contributed by atoms with Gasteiger partial charge in [0.05, 0.1) is 5.69 Å². The first-order chi connectivity index (χ1) is 9.60. The van der Waals surface area contributed by atoms with Crippen molar-refractivity contribution in [2.24, 2.45) is 0 Å². The molecule has 1 aromatic heterocycles. The van der Waals surface area contributed by atoms with Crippen molar-refractivity contribution in [3.63, 3.8) is 0 Å². The van der Waals surface area contributed by atoms with Crippen molar-refractivity contribution in [1.82, 2.24) is 9.88 Å². The van der Waals surface area contributed by atoms with Gasteiger partial charge in [0.2, 0.25) is 0 Å². The fraction of sp³-hybridized carbons (Fsp3) is 0.312. The molecule has 3 nitrogen and oxygen atoms in total. The van der Waals surface area contributed by atoms with Gasteiger partial charge in [-0.05, 0) is 43.8 Å². The third-order valence-corrected chi connectivity index (χ3v) is 3.78. The summed E-state index contributed by atoms with van der Waals surface area (Å²) in [6, 6.07) is 12.4. The minimum absolute atomic E-state index is 0.312. The molecule has 0 aliphatic heterocycles. The smallest absolute Gasteiger partial charge is 0.0564 e. The van der Waals surface area contributed by atoms with E-state index in [-0.39, 0.29) is 0 Å². The quantitative estimate of drug-likeness (QED) is 0.903. The summed E-state index contributed by atoms with van der Waals surface area (Å²) in [5, 5.41) is 3.90. The lowest BCUT2D eigenvalue weighted by molar-refractivity contribution is 0.250. The predicted molar refractivity (Wildman–Crippen MR) is 85.1 cm³/mol. The van der Waals surface area contributed by atoms with Crippen LogP contribution in [0.1, 0.15) is 24.2 Å². The van der Waals surface area contributed by atoms with Gasteiger partial charge in [-0.15, -0.1) is 0 Å². The number of rotatable bonds is 5. The molecule has 0 saturated carbocycles. The van der Waals surface area contributed by atoms with Gasteiger partial charge in [-0.25, -0.2) is 0 Å². The minimum atomic E-state index is 0.312. The van der Waals surface area contributed by atoms with Crippen LogP contribution in [0.4, 0.5) is 5.69 Å². The van der Waals surface area contributed by atoms with Crippen LogP contribution in [0.3, 0.4) is 0 Å². The Morgan fingerprint density at radius 3 is 2.60 bits per heavy atom. The van der Waals surface area contributed by atoms with Gasteiger partial charge in [0.1, 0.15) is 0 Å². The Kier molecular flexibility index (Phi) is 4.99. The molecule has 1 N–H and O–H groups in total. The maximum atomic E-state index is 5.93. The van der Waals surface area contributed by atoms with Crippen molar-refractivity contribution in [2.75, 3.05) is 19.4 Å². The molecule has 1 heterocycles. The van der Waals surface area contributed by atoms with Gasteiger partial charge >= 0.3 is 0 Å². The summed E-state index contributed by atoms with van der Waals surface area (Å²) in [4.78, 5) is 6.68. The first kappa shape index (κ1) is 14.8. The van der Waals surface area contributed by atoms with Crippen molar-refractivity contribution in [2.45, 2.75) is 19.5 Å². The van der Waals surface area contributed by atoms with E-state index in [4.69, 9.17) is 11.6 Å². The Hall–Kier alpha value is -1.58. The maximum Gasteiger partial charge on any atom is 0.0564 e. The standard InChI is InChI=1S/C16H20ClN3/c1-12(13-4-6-14(17)7-5-13)20(3)11-16-10-15(18-2)8-9-19-16/h4-10,12H,11H2,1-3H3,(H,18,19).